The number of aromatic nitrogens is 2. The van der Waals surface area contributed by atoms with Crippen molar-refractivity contribution in [2.45, 2.75) is 45.7 Å². The Balaban J connectivity index is 2.22. The highest BCUT2D eigenvalue weighted by atomic mass is 16.2. The van der Waals surface area contributed by atoms with Gasteiger partial charge in [0.15, 0.2) is 5.69 Å². The van der Waals surface area contributed by atoms with Gasteiger partial charge in [0.05, 0.1) is 5.54 Å². The lowest BCUT2D eigenvalue weighted by Gasteiger charge is -2.21. The van der Waals surface area contributed by atoms with Crippen molar-refractivity contribution >= 4 is 5.91 Å². The molecule has 100 valence electrons. The molecule has 2 rings (SSSR count). The predicted molar refractivity (Wildman–Crippen MR) is 70.5 cm³/mol. The third-order valence-corrected chi connectivity index (χ3v) is 3.25. The van der Waals surface area contributed by atoms with E-state index < -0.39 is 0 Å². The largest absolute Gasteiger partial charge is 0.336 e. The number of amides is 1. The number of carbonyl (C=O) groups excluding carboxylic acids is 1. The lowest BCUT2D eigenvalue weighted by atomic mass is 10.1. The molecule has 1 fully saturated rings. The first-order chi connectivity index (χ1) is 8.29. The van der Waals surface area contributed by atoms with Gasteiger partial charge in [-0.1, -0.05) is 0 Å². The molecule has 1 aromatic heterocycles. The van der Waals surface area contributed by atoms with Crippen molar-refractivity contribution in [1.82, 2.24) is 14.7 Å². The van der Waals surface area contributed by atoms with E-state index in [0.717, 1.165) is 18.7 Å². The number of aryl methyl sites for hydroxylation is 1. The van der Waals surface area contributed by atoms with E-state index in [1.807, 2.05) is 17.7 Å². The summed E-state index contributed by atoms with van der Waals surface area (Å²) in [7, 11) is 0. The molecular weight excluding hydrogens is 228 g/mol. The van der Waals surface area contributed by atoms with Gasteiger partial charge < -0.3 is 10.6 Å². The molecule has 0 spiro atoms. The molecule has 5 nitrogen and oxygen atoms in total. The van der Waals surface area contributed by atoms with Gasteiger partial charge >= 0.3 is 0 Å². The number of rotatable bonds is 1. The molecule has 2 N–H and O–H groups in total. The quantitative estimate of drug-likeness (QED) is 0.812. The molecule has 5 heteroatoms. The van der Waals surface area contributed by atoms with E-state index in [1.165, 1.54) is 0 Å². The Labute approximate surface area is 108 Å². The minimum absolute atomic E-state index is 0.00551. The first-order valence-corrected chi connectivity index (χ1v) is 6.41. The molecule has 0 aromatic carbocycles. The zero-order valence-corrected chi connectivity index (χ0v) is 11.6. The van der Waals surface area contributed by atoms with Crippen molar-refractivity contribution in [2.24, 2.45) is 5.73 Å². The summed E-state index contributed by atoms with van der Waals surface area (Å²) >= 11 is 0. The molecule has 0 radical (unpaired) electrons. The fraction of sp³-hybridized carbons (Fsp3) is 0.692. The average Bonchev–Trinajstić information content (AvgIpc) is 2.82. The highest BCUT2D eigenvalue weighted by Crippen LogP contribution is 2.18. The Bertz CT molecular complexity index is 458. The molecule has 1 saturated heterocycles. The Morgan fingerprint density at radius 3 is 2.61 bits per heavy atom. The summed E-state index contributed by atoms with van der Waals surface area (Å²) < 4.78 is 1.90. The molecule has 2 heterocycles. The smallest absolute Gasteiger partial charge is 0.274 e. The maximum atomic E-state index is 12.3. The second kappa shape index (κ2) is 4.39. The average molecular weight is 250 g/mol. The molecule has 18 heavy (non-hydrogen) atoms. The summed E-state index contributed by atoms with van der Waals surface area (Å²) in [6.45, 7) is 9.58. The van der Waals surface area contributed by atoms with Crippen molar-refractivity contribution in [3.8, 4) is 0 Å². The van der Waals surface area contributed by atoms with E-state index in [4.69, 9.17) is 5.73 Å². The van der Waals surface area contributed by atoms with Crippen LogP contribution >= 0.6 is 0 Å². The van der Waals surface area contributed by atoms with Crippen molar-refractivity contribution in [1.29, 1.82) is 0 Å². The van der Waals surface area contributed by atoms with Crippen LogP contribution in [0, 0.1) is 6.92 Å². The number of nitrogens with two attached hydrogens (primary N) is 1. The van der Waals surface area contributed by atoms with Crippen molar-refractivity contribution in [3.63, 3.8) is 0 Å². The molecular formula is C13H22N4O. The third kappa shape index (κ3) is 2.41. The van der Waals surface area contributed by atoms with Crippen LogP contribution in [-0.4, -0.2) is 39.7 Å². The monoisotopic (exact) mass is 250 g/mol. The lowest BCUT2D eigenvalue weighted by Crippen LogP contribution is -2.32. The minimum atomic E-state index is -0.107. The van der Waals surface area contributed by atoms with Gasteiger partial charge in [0, 0.05) is 24.8 Å². The number of likely N-dealkylation sites (tertiary alicyclic amines) is 1. The van der Waals surface area contributed by atoms with Crippen LogP contribution in [0.5, 0.6) is 0 Å². The summed E-state index contributed by atoms with van der Waals surface area (Å²) in [5.74, 6) is -0.00551. The summed E-state index contributed by atoms with van der Waals surface area (Å²) in [4.78, 5) is 14.1. The van der Waals surface area contributed by atoms with Crippen molar-refractivity contribution < 1.29 is 4.79 Å². The van der Waals surface area contributed by atoms with Gasteiger partial charge in [-0.25, -0.2) is 0 Å². The fourth-order valence-corrected chi connectivity index (χ4v) is 2.39. The van der Waals surface area contributed by atoms with E-state index in [0.29, 0.717) is 12.2 Å². The maximum absolute atomic E-state index is 12.3. The van der Waals surface area contributed by atoms with Gasteiger partial charge in [-0.3, -0.25) is 9.48 Å². The number of hydrogen-bond acceptors (Lipinski definition) is 3. The van der Waals surface area contributed by atoms with Crippen LogP contribution in [0.15, 0.2) is 6.07 Å². The Morgan fingerprint density at radius 2 is 2.17 bits per heavy atom. The van der Waals surface area contributed by atoms with Crippen LogP contribution in [0.3, 0.4) is 0 Å². The van der Waals surface area contributed by atoms with Gasteiger partial charge in [-0.05, 0) is 40.2 Å². The summed E-state index contributed by atoms with van der Waals surface area (Å²) in [5.41, 5.74) is 7.25. The number of nitrogens with zero attached hydrogens (tertiary/aromatic N) is 3. The fourth-order valence-electron chi connectivity index (χ4n) is 2.39. The van der Waals surface area contributed by atoms with Gasteiger partial charge in [-0.2, -0.15) is 5.10 Å². The second-order valence-corrected chi connectivity index (χ2v) is 6.05. The van der Waals surface area contributed by atoms with Crippen LogP contribution in [0.2, 0.25) is 0 Å². The SMILES string of the molecule is Cc1cc(C(=O)N2CC[C@@H](N)C2)nn1C(C)(C)C. The standard InChI is InChI=1S/C13H22N4O/c1-9-7-11(15-17(9)13(2,3)4)12(18)16-6-5-10(14)8-16/h7,10H,5-6,8,14H2,1-4H3/t10-/m1/s1. The van der Waals surface area contributed by atoms with Gasteiger partial charge in [0.2, 0.25) is 0 Å². The first kappa shape index (κ1) is 13.1. The molecule has 0 saturated carbocycles. The topological polar surface area (TPSA) is 64.2 Å². The van der Waals surface area contributed by atoms with Gasteiger partial charge in [0.1, 0.15) is 0 Å². The summed E-state index contributed by atoms with van der Waals surface area (Å²) in [5, 5.41) is 4.44. The maximum Gasteiger partial charge on any atom is 0.274 e. The molecule has 1 aliphatic heterocycles. The van der Waals surface area contributed by atoms with Crippen molar-refractivity contribution in [2.75, 3.05) is 13.1 Å². The van der Waals surface area contributed by atoms with E-state index in [9.17, 15) is 4.79 Å². The molecule has 0 unspecified atom stereocenters. The highest BCUT2D eigenvalue weighted by Gasteiger charge is 2.27. The minimum Gasteiger partial charge on any atom is -0.336 e. The number of hydrogen-bond donors (Lipinski definition) is 1. The van der Waals surface area contributed by atoms with Crippen LogP contribution < -0.4 is 5.73 Å². The van der Waals surface area contributed by atoms with Crippen LogP contribution in [0.4, 0.5) is 0 Å². The zero-order valence-electron chi connectivity index (χ0n) is 11.6. The predicted octanol–water partition coefficient (Wildman–Crippen LogP) is 1.12. The van der Waals surface area contributed by atoms with E-state index in [2.05, 4.69) is 25.9 Å². The highest BCUT2D eigenvalue weighted by molar-refractivity contribution is 5.92. The molecule has 0 aliphatic carbocycles. The summed E-state index contributed by atoms with van der Waals surface area (Å²) in [6, 6.07) is 1.97. The second-order valence-electron chi connectivity index (χ2n) is 6.05. The Hall–Kier alpha value is -1.36. The molecule has 1 atom stereocenters. The first-order valence-electron chi connectivity index (χ1n) is 6.41. The Kier molecular flexibility index (Phi) is 3.19. The number of carbonyl (C=O) groups is 1. The summed E-state index contributed by atoms with van der Waals surface area (Å²) in [6.07, 6.45) is 0.880. The van der Waals surface area contributed by atoms with E-state index in [-0.39, 0.29) is 17.5 Å². The Morgan fingerprint density at radius 1 is 1.50 bits per heavy atom. The van der Waals surface area contributed by atoms with Crippen molar-refractivity contribution in [3.05, 3.63) is 17.5 Å². The third-order valence-electron chi connectivity index (χ3n) is 3.25. The molecule has 0 bridgehead atoms. The van der Waals surface area contributed by atoms with E-state index in [1.54, 1.807) is 4.90 Å². The van der Waals surface area contributed by atoms with Crippen LogP contribution in [0.1, 0.15) is 43.4 Å². The molecule has 1 aliphatic rings. The van der Waals surface area contributed by atoms with Gasteiger partial charge in [-0.15, -0.1) is 0 Å². The van der Waals surface area contributed by atoms with Gasteiger partial charge in [0.25, 0.3) is 5.91 Å². The molecule has 1 amide bonds. The molecule has 1 aromatic rings. The normalized spacial score (nSPS) is 20.5. The zero-order chi connectivity index (χ0) is 13.5. The lowest BCUT2D eigenvalue weighted by molar-refractivity contribution is 0.0783. The van der Waals surface area contributed by atoms with E-state index >= 15 is 0 Å². The van der Waals surface area contributed by atoms with Crippen LogP contribution in [-0.2, 0) is 5.54 Å². The van der Waals surface area contributed by atoms with Crippen LogP contribution in [0.25, 0.3) is 0 Å².